The number of anilines is 1. The summed E-state index contributed by atoms with van der Waals surface area (Å²) in [5.41, 5.74) is 1.30. The van der Waals surface area contributed by atoms with Crippen LogP contribution in [0.25, 0.3) is 0 Å². The van der Waals surface area contributed by atoms with E-state index in [1.807, 2.05) is 19.9 Å². The Labute approximate surface area is 125 Å². The van der Waals surface area contributed by atoms with Crippen molar-refractivity contribution in [3.63, 3.8) is 0 Å². The molecule has 1 unspecified atom stereocenters. The highest BCUT2D eigenvalue weighted by Crippen LogP contribution is 2.16. The van der Waals surface area contributed by atoms with Crippen LogP contribution in [0.15, 0.2) is 24.3 Å². The lowest BCUT2D eigenvalue weighted by molar-refractivity contribution is -0.119. The van der Waals surface area contributed by atoms with Gasteiger partial charge in [0.15, 0.2) is 0 Å². The highest BCUT2D eigenvalue weighted by atomic mass is 16.2. The molecule has 1 aromatic rings. The minimum Gasteiger partial charge on any atom is -0.339 e. The Balaban J connectivity index is 2.06. The maximum atomic E-state index is 12.3. The van der Waals surface area contributed by atoms with E-state index in [1.165, 1.54) is 0 Å². The summed E-state index contributed by atoms with van der Waals surface area (Å²) in [6, 6.07) is 7.16. The zero-order valence-electron chi connectivity index (χ0n) is 12.7. The first-order valence-electron chi connectivity index (χ1n) is 7.56. The average molecular weight is 289 g/mol. The van der Waals surface area contributed by atoms with E-state index in [1.54, 1.807) is 23.1 Å². The van der Waals surface area contributed by atoms with Gasteiger partial charge in [0.2, 0.25) is 5.91 Å². The Morgan fingerprint density at radius 2 is 2.10 bits per heavy atom. The molecule has 0 radical (unpaired) electrons. The summed E-state index contributed by atoms with van der Waals surface area (Å²) >= 11 is 0. The first kappa shape index (κ1) is 15.5. The number of carbonyl (C=O) groups excluding carboxylic acids is 2. The highest BCUT2D eigenvalue weighted by molar-refractivity contribution is 5.97. The van der Waals surface area contributed by atoms with Crippen molar-refractivity contribution in [2.24, 2.45) is 5.92 Å². The van der Waals surface area contributed by atoms with E-state index in [0.717, 1.165) is 19.5 Å². The van der Waals surface area contributed by atoms with Crippen LogP contribution in [-0.2, 0) is 4.79 Å². The van der Waals surface area contributed by atoms with E-state index in [4.69, 9.17) is 0 Å². The van der Waals surface area contributed by atoms with E-state index >= 15 is 0 Å². The molecule has 21 heavy (non-hydrogen) atoms. The minimum absolute atomic E-state index is 0.00127. The Morgan fingerprint density at radius 3 is 2.71 bits per heavy atom. The highest BCUT2D eigenvalue weighted by Gasteiger charge is 2.22. The molecule has 0 bridgehead atoms. The van der Waals surface area contributed by atoms with Gasteiger partial charge in [-0.2, -0.15) is 0 Å². The normalized spacial score (nSPS) is 17.5. The number of nitrogens with zero attached hydrogens (tertiary/aromatic N) is 1. The van der Waals surface area contributed by atoms with Gasteiger partial charge in [-0.1, -0.05) is 6.07 Å². The molecule has 1 fully saturated rings. The molecule has 0 saturated carbocycles. The smallest absolute Gasteiger partial charge is 0.253 e. The maximum absolute atomic E-state index is 12.3. The summed E-state index contributed by atoms with van der Waals surface area (Å²) in [4.78, 5) is 26.2. The van der Waals surface area contributed by atoms with Crippen LogP contribution in [0.3, 0.4) is 0 Å². The third-order valence-corrected chi connectivity index (χ3v) is 3.86. The monoisotopic (exact) mass is 289 g/mol. The molecule has 1 aliphatic heterocycles. The SMILES string of the molecule is CCN(CC)C(=O)c1cccc(NC(=O)C2CCNC2)c1. The fourth-order valence-corrected chi connectivity index (χ4v) is 2.55. The molecule has 114 valence electrons. The molecule has 5 nitrogen and oxygen atoms in total. The second-order valence-corrected chi connectivity index (χ2v) is 5.24. The number of nitrogens with one attached hydrogen (secondary N) is 2. The lowest BCUT2D eigenvalue weighted by Crippen LogP contribution is -2.30. The Hall–Kier alpha value is -1.88. The van der Waals surface area contributed by atoms with Gasteiger partial charge in [-0.3, -0.25) is 9.59 Å². The number of hydrogen-bond donors (Lipinski definition) is 2. The standard InChI is InChI=1S/C16H23N3O2/c1-3-19(4-2)16(21)12-6-5-7-14(10-12)18-15(20)13-8-9-17-11-13/h5-7,10,13,17H,3-4,8-9,11H2,1-2H3,(H,18,20). The van der Waals surface area contributed by atoms with Crippen molar-refractivity contribution in [1.29, 1.82) is 0 Å². The molecule has 2 N–H and O–H groups in total. The van der Waals surface area contributed by atoms with Crippen LogP contribution < -0.4 is 10.6 Å². The molecule has 1 aliphatic rings. The molecule has 2 amide bonds. The molecule has 1 saturated heterocycles. The van der Waals surface area contributed by atoms with Gasteiger partial charge in [0, 0.05) is 30.9 Å². The van der Waals surface area contributed by atoms with Crippen LogP contribution in [0.1, 0.15) is 30.6 Å². The van der Waals surface area contributed by atoms with Crippen LogP contribution >= 0.6 is 0 Å². The average Bonchev–Trinajstić information content (AvgIpc) is 3.03. The van der Waals surface area contributed by atoms with Crippen molar-refractivity contribution in [1.82, 2.24) is 10.2 Å². The number of amides is 2. The van der Waals surface area contributed by atoms with E-state index < -0.39 is 0 Å². The quantitative estimate of drug-likeness (QED) is 0.867. The second kappa shape index (κ2) is 7.22. The molecular weight excluding hydrogens is 266 g/mol. The first-order chi connectivity index (χ1) is 10.2. The van der Waals surface area contributed by atoms with E-state index in [9.17, 15) is 9.59 Å². The number of benzene rings is 1. The third-order valence-electron chi connectivity index (χ3n) is 3.86. The molecule has 0 aliphatic carbocycles. The number of rotatable bonds is 5. The molecule has 1 heterocycles. The molecule has 0 aromatic heterocycles. The van der Waals surface area contributed by atoms with Crippen molar-refractivity contribution >= 4 is 17.5 Å². The van der Waals surface area contributed by atoms with Gasteiger partial charge in [0.05, 0.1) is 5.92 Å². The van der Waals surface area contributed by atoms with E-state index in [0.29, 0.717) is 24.3 Å². The van der Waals surface area contributed by atoms with E-state index in [-0.39, 0.29) is 17.7 Å². The van der Waals surface area contributed by atoms with Gasteiger partial charge in [-0.25, -0.2) is 0 Å². The summed E-state index contributed by atoms with van der Waals surface area (Å²) < 4.78 is 0. The molecule has 1 atom stereocenters. The summed E-state index contributed by atoms with van der Waals surface area (Å²) in [5, 5.41) is 6.08. The molecule has 5 heteroatoms. The first-order valence-corrected chi connectivity index (χ1v) is 7.56. The third kappa shape index (κ3) is 3.82. The second-order valence-electron chi connectivity index (χ2n) is 5.24. The lowest BCUT2D eigenvalue weighted by atomic mass is 10.1. The summed E-state index contributed by atoms with van der Waals surface area (Å²) in [6.07, 6.45) is 0.865. The number of hydrogen-bond acceptors (Lipinski definition) is 3. The molecule has 2 rings (SSSR count). The molecular formula is C16H23N3O2. The number of carbonyl (C=O) groups is 2. The van der Waals surface area contributed by atoms with Crippen LogP contribution in [0.4, 0.5) is 5.69 Å². The van der Waals surface area contributed by atoms with Crippen LogP contribution in [0, 0.1) is 5.92 Å². The van der Waals surface area contributed by atoms with Crippen molar-refractivity contribution in [3.8, 4) is 0 Å². The predicted molar refractivity (Wildman–Crippen MR) is 83.3 cm³/mol. The van der Waals surface area contributed by atoms with Crippen molar-refractivity contribution in [2.75, 3.05) is 31.5 Å². The van der Waals surface area contributed by atoms with Gasteiger partial charge in [0.25, 0.3) is 5.91 Å². The van der Waals surface area contributed by atoms with Crippen molar-refractivity contribution in [2.45, 2.75) is 20.3 Å². The van der Waals surface area contributed by atoms with Crippen molar-refractivity contribution in [3.05, 3.63) is 29.8 Å². The summed E-state index contributed by atoms with van der Waals surface area (Å²) in [5.74, 6) is 0.0400. The van der Waals surface area contributed by atoms with Crippen LogP contribution in [0.2, 0.25) is 0 Å². The lowest BCUT2D eigenvalue weighted by Gasteiger charge is -2.19. The largest absolute Gasteiger partial charge is 0.339 e. The van der Waals surface area contributed by atoms with Gasteiger partial charge >= 0.3 is 0 Å². The van der Waals surface area contributed by atoms with E-state index in [2.05, 4.69) is 10.6 Å². The Morgan fingerprint density at radius 1 is 1.33 bits per heavy atom. The van der Waals surface area contributed by atoms with Crippen molar-refractivity contribution < 1.29 is 9.59 Å². The zero-order valence-corrected chi connectivity index (χ0v) is 12.7. The van der Waals surface area contributed by atoms with Crippen LogP contribution in [0.5, 0.6) is 0 Å². The Kier molecular flexibility index (Phi) is 5.33. The maximum Gasteiger partial charge on any atom is 0.253 e. The minimum atomic E-state index is -0.00127. The van der Waals surface area contributed by atoms with Gasteiger partial charge in [-0.05, 0) is 45.0 Å². The van der Waals surface area contributed by atoms with Gasteiger partial charge in [-0.15, -0.1) is 0 Å². The topological polar surface area (TPSA) is 61.4 Å². The fourth-order valence-electron chi connectivity index (χ4n) is 2.55. The predicted octanol–water partition coefficient (Wildman–Crippen LogP) is 1.72. The summed E-state index contributed by atoms with van der Waals surface area (Å²) in [7, 11) is 0. The van der Waals surface area contributed by atoms with Crippen LogP contribution in [-0.4, -0.2) is 42.9 Å². The summed E-state index contributed by atoms with van der Waals surface area (Å²) in [6.45, 7) is 6.89. The Bertz CT molecular complexity index is 506. The fraction of sp³-hybridized carbons (Fsp3) is 0.500. The zero-order chi connectivity index (χ0) is 15.2. The van der Waals surface area contributed by atoms with Gasteiger partial charge < -0.3 is 15.5 Å². The molecule has 0 spiro atoms. The van der Waals surface area contributed by atoms with Gasteiger partial charge in [0.1, 0.15) is 0 Å². The molecule has 1 aromatic carbocycles.